The number of carbonyl (C=O) groups is 1. The Balaban J connectivity index is 0.000000302. The number of carbonyl (C=O) groups excluding carboxylic acids is 1. The van der Waals surface area contributed by atoms with Gasteiger partial charge in [-0.2, -0.15) is 0 Å². The lowest BCUT2D eigenvalue weighted by atomic mass is 9.94. The molecule has 3 heterocycles. The largest absolute Gasteiger partial charge is 0.446 e. The van der Waals surface area contributed by atoms with Crippen molar-refractivity contribution in [3.63, 3.8) is 0 Å². The van der Waals surface area contributed by atoms with Crippen LogP contribution in [0.1, 0.15) is 72.7 Å². The summed E-state index contributed by atoms with van der Waals surface area (Å²) in [6.45, 7) is 5.64. The molecular weight excluding hydrogens is 470 g/mol. The molecule has 2 aromatic rings. The molecule has 1 amide bonds. The molecule has 2 aliphatic rings. The lowest BCUT2D eigenvalue weighted by Crippen LogP contribution is -2.30. The first-order valence-electron chi connectivity index (χ1n) is 12.0. The summed E-state index contributed by atoms with van der Waals surface area (Å²) >= 11 is 1.64. The number of thiazole rings is 1. The highest BCUT2D eigenvalue weighted by atomic mass is 32.1. The molecule has 9 heteroatoms. The van der Waals surface area contributed by atoms with Crippen molar-refractivity contribution in [2.45, 2.75) is 84.1 Å². The van der Waals surface area contributed by atoms with Gasteiger partial charge in [-0.25, -0.2) is 18.7 Å². The van der Waals surface area contributed by atoms with Crippen molar-refractivity contribution in [1.82, 2.24) is 14.9 Å². The molecule has 2 aromatic heterocycles. The van der Waals surface area contributed by atoms with Crippen molar-refractivity contribution in [3.8, 4) is 12.8 Å². The van der Waals surface area contributed by atoms with E-state index in [0.29, 0.717) is 18.1 Å². The summed E-state index contributed by atoms with van der Waals surface area (Å²) in [5.74, 6) is -1.93. The highest BCUT2D eigenvalue weighted by Gasteiger charge is 2.24. The molecule has 0 spiro atoms. The molecule has 192 valence electrons. The third-order valence-corrected chi connectivity index (χ3v) is 7.00. The van der Waals surface area contributed by atoms with Crippen molar-refractivity contribution < 1.29 is 18.0 Å². The number of alkyl halides is 2. The van der Waals surface area contributed by atoms with Gasteiger partial charge in [0.2, 0.25) is 11.8 Å². The Labute approximate surface area is 211 Å². The fourth-order valence-corrected chi connectivity index (χ4v) is 5.09. The first-order chi connectivity index (χ1) is 16.7. The number of fused-ring (bicyclic) bond motifs is 1. The molecular formula is C26H36F2N4O2S. The van der Waals surface area contributed by atoms with Gasteiger partial charge in [0.1, 0.15) is 5.76 Å². The fourth-order valence-electron chi connectivity index (χ4n) is 4.02. The predicted molar refractivity (Wildman–Crippen MR) is 135 cm³/mol. The number of rotatable bonds is 7. The van der Waals surface area contributed by atoms with Crippen molar-refractivity contribution in [1.29, 1.82) is 0 Å². The Morgan fingerprint density at radius 3 is 2.60 bits per heavy atom. The van der Waals surface area contributed by atoms with Gasteiger partial charge in [0.15, 0.2) is 5.89 Å². The topological polar surface area (TPSA) is 85.3 Å². The van der Waals surface area contributed by atoms with Crippen LogP contribution in [0.25, 0.3) is 0 Å². The van der Waals surface area contributed by atoms with Crippen LogP contribution >= 0.6 is 11.3 Å². The third kappa shape index (κ3) is 10.7. The molecule has 1 aliphatic carbocycles. The van der Waals surface area contributed by atoms with Crippen LogP contribution in [-0.2, 0) is 30.6 Å². The minimum absolute atomic E-state index is 0.102. The summed E-state index contributed by atoms with van der Waals surface area (Å²) < 4.78 is 31.0. The van der Waals surface area contributed by atoms with Crippen molar-refractivity contribution >= 4 is 17.2 Å². The summed E-state index contributed by atoms with van der Waals surface area (Å²) in [7, 11) is 0. The van der Waals surface area contributed by atoms with Crippen LogP contribution in [-0.4, -0.2) is 39.8 Å². The minimum Gasteiger partial charge on any atom is -0.446 e. The van der Waals surface area contributed by atoms with Crippen molar-refractivity contribution in [2.75, 3.05) is 13.1 Å². The van der Waals surface area contributed by atoms with Gasteiger partial charge in [0.25, 0.3) is 0 Å². The zero-order chi connectivity index (χ0) is 25.8. The summed E-state index contributed by atoms with van der Waals surface area (Å²) in [6, 6.07) is 0. The predicted octanol–water partition coefficient (Wildman–Crippen LogP) is 5.24. The molecule has 0 atom stereocenters. The molecule has 0 saturated heterocycles. The number of terminal acetylenes is 1. The first kappa shape index (κ1) is 28.7. The summed E-state index contributed by atoms with van der Waals surface area (Å²) in [5, 5.41) is 0.879. The number of halogens is 2. The molecule has 1 fully saturated rings. The average molecular weight is 507 g/mol. The number of aromatic nitrogens is 2. The second kappa shape index (κ2) is 14.1. The van der Waals surface area contributed by atoms with Crippen LogP contribution in [0.4, 0.5) is 8.78 Å². The Morgan fingerprint density at radius 2 is 2.00 bits per heavy atom. The second-order valence-corrected chi connectivity index (χ2v) is 10.1. The van der Waals surface area contributed by atoms with Gasteiger partial charge in [-0.15, -0.1) is 24.2 Å². The lowest BCUT2D eigenvalue weighted by molar-refractivity contribution is -0.117. The number of primary amides is 1. The minimum atomic E-state index is -2.59. The van der Waals surface area contributed by atoms with Gasteiger partial charge in [-0.3, -0.25) is 9.69 Å². The molecule has 1 saturated carbocycles. The number of allylic oxidation sites excluding steroid dienone is 1. The van der Waals surface area contributed by atoms with Crippen LogP contribution < -0.4 is 5.73 Å². The van der Waals surface area contributed by atoms with E-state index in [2.05, 4.69) is 33.8 Å². The standard InChI is InChI=1S/C18H26F2N2S.C6H8N2O2.C2H2/c1-18(19,20)10-7-17-21-15-13-22(12-9-16(15)23-17)11-8-14-5-3-2-4-6-14;1-4-8-3-5(10-4)2-6(7)9;1-2/h8H,2-7,9-13H2,1H3;3H,2H2,1H3,(H2,7,9);1-2H. The van der Waals surface area contributed by atoms with Gasteiger partial charge in [0.05, 0.1) is 23.3 Å². The van der Waals surface area contributed by atoms with E-state index < -0.39 is 11.8 Å². The third-order valence-electron chi connectivity index (χ3n) is 5.78. The van der Waals surface area contributed by atoms with Crippen LogP contribution in [0.3, 0.4) is 0 Å². The molecule has 0 unspecified atom stereocenters. The molecule has 0 aromatic carbocycles. The van der Waals surface area contributed by atoms with Gasteiger partial charge in [0, 0.05) is 44.3 Å². The highest BCUT2D eigenvalue weighted by molar-refractivity contribution is 7.11. The summed E-state index contributed by atoms with van der Waals surface area (Å²) in [5.41, 5.74) is 7.65. The quantitative estimate of drug-likeness (QED) is 0.410. The van der Waals surface area contributed by atoms with E-state index >= 15 is 0 Å². The van der Waals surface area contributed by atoms with Crippen LogP contribution in [0, 0.1) is 19.8 Å². The summed E-state index contributed by atoms with van der Waals surface area (Å²) in [6.07, 6.45) is 19.9. The number of amides is 1. The summed E-state index contributed by atoms with van der Waals surface area (Å²) in [4.78, 5) is 22.5. The first-order valence-corrected chi connectivity index (χ1v) is 12.8. The van der Waals surface area contributed by atoms with Crippen molar-refractivity contribution in [3.05, 3.63) is 45.1 Å². The lowest BCUT2D eigenvalue weighted by Gasteiger charge is -2.25. The number of hydrogen-bond acceptors (Lipinski definition) is 6. The molecule has 4 rings (SSSR count). The Bertz CT molecular complexity index is 983. The average Bonchev–Trinajstić information content (AvgIpc) is 3.43. The van der Waals surface area contributed by atoms with E-state index in [0.717, 1.165) is 43.7 Å². The van der Waals surface area contributed by atoms with E-state index in [4.69, 9.17) is 10.2 Å². The normalized spacial score (nSPS) is 15.8. The molecule has 2 N–H and O–H groups in total. The number of nitrogens with two attached hydrogens (primary N) is 1. The van der Waals surface area contributed by atoms with Gasteiger partial charge < -0.3 is 10.2 Å². The Hall–Kier alpha value is -2.57. The zero-order valence-electron chi connectivity index (χ0n) is 20.7. The van der Waals surface area contributed by atoms with Crippen LogP contribution in [0.5, 0.6) is 0 Å². The molecule has 0 radical (unpaired) electrons. The maximum Gasteiger partial charge on any atom is 0.245 e. The van der Waals surface area contributed by atoms with E-state index in [1.54, 1.807) is 23.8 Å². The smallest absolute Gasteiger partial charge is 0.245 e. The van der Waals surface area contributed by atoms with Crippen molar-refractivity contribution in [2.24, 2.45) is 5.73 Å². The number of nitrogens with zero attached hydrogens (tertiary/aromatic N) is 3. The van der Waals surface area contributed by atoms with Gasteiger partial charge in [-0.05, 0) is 39.0 Å². The number of aryl methyl sites for hydroxylation is 2. The Morgan fingerprint density at radius 1 is 1.29 bits per heavy atom. The second-order valence-electron chi connectivity index (χ2n) is 8.94. The van der Waals surface area contributed by atoms with E-state index in [9.17, 15) is 13.6 Å². The van der Waals surface area contributed by atoms with Crippen LogP contribution in [0.2, 0.25) is 0 Å². The molecule has 35 heavy (non-hydrogen) atoms. The monoisotopic (exact) mass is 506 g/mol. The van der Waals surface area contributed by atoms with Gasteiger partial charge >= 0.3 is 0 Å². The van der Waals surface area contributed by atoms with Gasteiger partial charge in [-0.1, -0.05) is 18.1 Å². The van der Waals surface area contributed by atoms with Crippen LogP contribution in [0.15, 0.2) is 22.3 Å². The highest BCUT2D eigenvalue weighted by Crippen LogP contribution is 2.28. The molecule has 1 aliphatic heterocycles. The number of hydrogen-bond donors (Lipinski definition) is 1. The Kier molecular flexibility index (Phi) is 11.5. The molecule has 0 bridgehead atoms. The molecule has 6 nitrogen and oxygen atoms in total. The maximum absolute atomic E-state index is 13.0. The van der Waals surface area contributed by atoms with E-state index in [-0.39, 0.29) is 12.8 Å². The number of oxazole rings is 1. The van der Waals surface area contributed by atoms with E-state index in [1.807, 2.05) is 0 Å². The fraction of sp³-hybridized carbons (Fsp3) is 0.577. The van der Waals surface area contributed by atoms with E-state index in [1.165, 1.54) is 43.2 Å². The SMILES string of the molecule is C#C.CC(F)(F)CCc1nc2c(s1)CCN(CC=C1CCCCC1)C2.Cc1ncc(CC(N)=O)o1. The maximum atomic E-state index is 13.0. The zero-order valence-corrected chi connectivity index (χ0v) is 21.5.